The Labute approximate surface area is 145 Å². The van der Waals surface area contributed by atoms with Gasteiger partial charge in [0.1, 0.15) is 5.82 Å². The molecule has 0 bridgehead atoms. The predicted octanol–water partition coefficient (Wildman–Crippen LogP) is 3.03. The summed E-state index contributed by atoms with van der Waals surface area (Å²) in [5.41, 5.74) is 2.92. The summed E-state index contributed by atoms with van der Waals surface area (Å²) in [5, 5.41) is 4.27. The maximum Gasteiger partial charge on any atom is 0.257 e. The molecule has 0 spiro atoms. The number of amides is 1. The number of benzene rings is 1. The van der Waals surface area contributed by atoms with Crippen molar-refractivity contribution in [3.05, 3.63) is 77.6 Å². The SMILES string of the molecule is Cc1c(C(=O)N(C)CCc2ccccn2)cnn1-c1ccc(F)cc1. The summed E-state index contributed by atoms with van der Waals surface area (Å²) in [7, 11) is 1.76. The fourth-order valence-corrected chi connectivity index (χ4v) is 2.60. The van der Waals surface area contributed by atoms with Gasteiger partial charge in [-0.05, 0) is 43.3 Å². The molecule has 128 valence electrons. The first-order chi connectivity index (χ1) is 12.1. The zero-order valence-electron chi connectivity index (χ0n) is 14.2. The average molecular weight is 338 g/mol. The maximum atomic E-state index is 13.1. The summed E-state index contributed by atoms with van der Waals surface area (Å²) in [4.78, 5) is 18.6. The Morgan fingerprint density at radius 3 is 2.64 bits per heavy atom. The molecule has 0 radical (unpaired) electrons. The molecule has 5 nitrogen and oxygen atoms in total. The van der Waals surface area contributed by atoms with E-state index in [1.807, 2.05) is 25.1 Å². The number of hydrogen-bond acceptors (Lipinski definition) is 3. The van der Waals surface area contributed by atoms with Crippen LogP contribution in [0.5, 0.6) is 0 Å². The van der Waals surface area contributed by atoms with E-state index in [1.165, 1.54) is 12.1 Å². The standard InChI is InChI=1S/C19H19FN4O/c1-14-18(13-22-24(14)17-8-6-15(20)7-9-17)19(25)23(2)12-10-16-5-3-4-11-21-16/h3-9,11,13H,10,12H2,1-2H3. The Kier molecular flexibility index (Phi) is 4.88. The molecule has 0 atom stereocenters. The van der Waals surface area contributed by atoms with Crippen LogP contribution in [0.15, 0.2) is 54.9 Å². The molecule has 2 aromatic heterocycles. The fraction of sp³-hybridized carbons (Fsp3) is 0.211. The van der Waals surface area contributed by atoms with E-state index in [1.54, 1.807) is 41.2 Å². The second-order valence-electron chi connectivity index (χ2n) is 5.83. The van der Waals surface area contributed by atoms with E-state index in [0.717, 1.165) is 11.4 Å². The van der Waals surface area contributed by atoms with Gasteiger partial charge in [-0.25, -0.2) is 9.07 Å². The normalized spacial score (nSPS) is 10.7. The van der Waals surface area contributed by atoms with Crippen molar-refractivity contribution in [1.82, 2.24) is 19.7 Å². The van der Waals surface area contributed by atoms with E-state index in [0.29, 0.717) is 24.2 Å². The van der Waals surface area contributed by atoms with Crippen LogP contribution in [0.25, 0.3) is 5.69 Å². The van der Waals surface area contributed by atoms with Gasteiger partial charge >= 0.3 is 0 Å². The lowest BCUT2D eigenvalue weighted by Crippen LogP contribution is -2.29. The van der Waals surface area contributed by atoms with Gasteiger partial charge in [-0.15, -0.1) is 0 Å². The van der Waals surface area contributed by atoms with Crippen molar-refractivity contribution >= 4 is 5.91 Å². The number of hydrogen-bond donors (Lipinski definition) is 0. The molecule has 0 saturated carbocycles. The summed E-state index contributed by atoms with van der Waals surface area (Å²) < 4.78 is 14.7. The van der Waals surface area contributed by atoms with Crippen molar-refractivity contribution in [2.45, 2.75) is 13.3 Å². The van der Waals surface area contributed by atoms with Crippen molar-refractivity contribution in [2.75, 3.05) is 13.6 Å². The van der Waals surface area contributed by atoms with Gasteiger partial charge in [0.25, 0.3) is 5.91 Å². The minimum absolute atomic E-state index is 0.0956. The highest BCUT2D eigenvalue weighted by Crippen LogP contribution is 2.16. The molecule has 3 aromatic rings. The molecule has 0 aliphatic rings. The van der Waals surface area contributed by atoms with Gasteiger partial charge in [-0.2, -0.15) is 5.10 Å². The number of halogens is 1. The second kappa shape index (κ2) is 7.25. The van der Waals surface area contributed by atoms with E-state index in [4.69, 9.17) is 0 Å². The van der Waals surface area contributed by atoms with Crippen LogP contribution in [-0.2, 0) is 6.42 Å². The number of carbonyl (C=O) groups is 1. The molecule has 1 aromatic carbocycles. The highest BCUT2D eigenvalue weighted by atomic mass is 19.1. The molecule has 0 unspecified atom stereocenters. The van der Waals surface area contributed by atoms with Gasteiger partial charge in [-0.1, -0.05) is 6.07 Å². The van der Waals surface area contributed by atoms with Crippen LogP contribution in [0.3, 0.4) is 0 Å². The van der Waals surface area contributed by atoms with Crippen LogP contribution in [0.4, 0.5) is 4.39 Å². The minimum atomic E-state index is -0.306. The Morgan fingerprint density at radius 1 is 1.20 bits per heavy atom. The first kappa shape index (κ1) is 16.8. The quantitative estimate of drug-likeness (QED) is 0.718. The highest BCUT2D eigenvalue weighted by molar-refractivity contribution is 5.95. The molecule has 0 N–H and O–H groups in total. The smallest absolute Gasteiger partial charge is 0.257 e. The Morgan fingerprint density at radius 2 is 1.96 bits per heavy atom. The molecule has 3 rings (SSSR count). The average Bonchev–Trinajstić information content (AvgIpc) is 3.02. The Balaban J connectivity index is 1.73. The number of carbonyl (C=O) groups excluding carboxylic acids is 1. The van der Waals surface area contributed by atoms with Crippen molar-refractivity contribution < 1.29 is 9.18 Å². The largest absolute Gasteiger partial charge is 0.341 e. The molecule has 0 fully saturated rings. The third-order valence-electron chi connectivity index (χ3n) is 4.09. The maximum absolute atomic E-state index is 13.1. The predicted molar refractivity (Wildman–Crippen MR) is 93.2 cm³/mol. The summed E-state index contributed by atoms with van der Waals surface area (Å²) in [6, 6.07) is 11.7. The van der Waals surface area contributed by atoms with E-state index >= 15 is 0 Å². The highest BCUT2D eigenvalue weighted by Gasteiger charge is 2.18. The van der Waals surface area contributed by atoms with Crippen LogP contribution in [0, 0.1) is 12.7 Å². The van der Waals surface area contributed by atoms with Crippen LogP contribution >= 0.6 is 0 Å². The summed E-state index contributed by atoms with van der Waals surface area (Å²) in [5.74, 6) is -0.402. The molecular weight excluding hydrogens is 319 g/mol. The van der Waals surface area contributed by atoms with Crippen molar-refractivity contribution in [3.63, 3.8) is 0 Å². The van der Waals surface area contributed by atoms with Gasteiger partial charge in [0.05, 0.1) is 23.1 Å². The van der Waals surface area contributed by atoms with Gasteiger partial charge in [0.2, 0.25) is 0 Å². The molecular formula is C19H19FN4O. The van der Waals surface area contributed by atoms with Crippen LogP contribution in [0.1, 0.15) is 21.7 Å². The number of rotatable bonds is 5. The van der Waals surface area contributed by atoms with Crippen LogP contribution in [0.2, 0.25) is 0 Å². The van der Waals surface area contributed by atoms with Crippen molar-refractivity contribution in [2.24, 2.45) is 0 Å². The summed E-state index contributed by atoms with van der Waals surface area (Å²) in [6.45, 7) is 2.40. The third-order valence-corrected chi connectivity index (χ3v) is 4.09. The van der Waals surface area contributed by atoms with Crippen molar-refractivity contribution in [3.8, 4) is 5.69 Å². The number of likely N-dealkylation sites (N-methyl/N-ethyl adjacent to an activating group) is 1. The molecule has 1 amide bonds. The van der Waals surface area contributed by atoms with E-state index in [9.17, 15) is 9.18 Å². The summed E-state index contributed by atoms with van der Waals surface area (Å²) in [6.07, 6.45) is 3.99. The lowest BCUT2D eigenvalue weighted by atomic mass is 10.2. The first-order valence-electron chi connectivity index (χ1n) is 8.02. The third kappa shape index (κ3) is 3.74. The molecule has 0 aliphatic carbocycles. The zero-order chi connectivity index (χ0) is 17.8. The van der Waals surface area contributed by atoms with E-state index in [2.05, 4.69) is 10.1 Å². The van der Waals surface area contributed by atoms with E-state index in [-0.39, 0.29) is 11.7 Å². The van der Waals surface area contributed by atoms with Gasteiger partial charge in [0, 0.05) is 31.9 Å². The molecule has 0 saturated heterocycles. The van der Waals surface area contributed by atoms with Gasteiger partial charge in [0.15, 0.2) is 0 Å². The van der Waals surface area contributed by atoms with Crippen molar-refractivity contribution in [1.29, 1.82) is 0 Å². The second-order valence-corrected chi connectivity index (χ2v) is 5.83. The summed E-state index contributed by atoms with van der Waals surface area (Å²) >= 11 is 0. The first-order valence-corrected chi connectivity index (χ1v) is 8.02. The topological polar surface area (TPSA) is 51.0 Å². The number of aromatic nitrogens is 3. The fourth-order valence-electron chi connectivity index (χ4n) is 2.60. The number of nitrogens with zero attached hydrogens (tertiary/aromatic N) is 4. The Bertz CT molecular complexity index is 859. The minimum Gasteiger partial charge on any atom is -0.341 e. The molecule has 0 aliphatic heterocycles. The molecule has 25 heavy (non-hydrogen) atoms. The van der Waals surface area contributed by atoms with Gasteiger partial charge < -0.3 is 4.90 Å². The lowest BCUT2D eigenvalue weighted by Gasteiger charge is -2.16. The zero-order valence-corrected chi connectivity index (χ0v) is 14.2. The lowest BCUT2D eigenvalue weighted by molar-refractivity contribution is 0.0795. The van der Waals surface area contributed by atoms with Crippen LogP contribution in [-0.4, -0.2) is 39.2 Å². The molecule has 2 heterocycles. The molecule has 6 heteroatoms. The van der Waals surface area contributed by atoms with Gasteiger partial charge in [-0.3, -0.25) is 9.78 Å². The van der Waals surface area contributed by atoms with E-state index < -0.39 is 0 Å². The monoisotopic (exact) mass is 338 g/mol. The van der Waals surface area contributed by atoms with Crippen LogP contribution < -0.4 is 0 Å². The Hall–Kier alpha value is -3.02. The number of pyridine rings is 1.